The van der Waals surface area contributed by atoms with Gasteiger partial charge in [0.15, 0.2) is 17.2 Å². The Bertz CT molecular complexity index is 881. The average Bonchev–Trinajstić information content (AvgIpc) is 3.26. The average molecular weight is 382 g/mol. The zero-order valence-electron chi connectivity index (χ0n) is 15.1. The van der Waals surface area contributed by atoms with Crippen molar-refractivity contribution < 1.29 is 24.1 Å². The second-order valence-electron chi connectivity index (χ2n) is 5.72. The van der Waals surface area contributed by atoms with Crippen LogP contribution >= 0.6 is 0 Å². The normalized spacial score (nSPS) is 15.1. The fourth-order valence-electron chi connectivity index (χ4n) is 2.71. The number of hydrogen-bond acceptors (Lipinski definition) is 9. The Morgan fingerprint density at radius 3 is 2.00 bits per heavy atom. The van der Waals surface area contributed by atoms with Crippen LogP contribution in [0, 0.1) is 20.2 Å². The number of carbonyl (C=O) groups excluding carboxylic acids is 1. The van der Waals surface area contributed by atoms with E-state index >= 15 is 0 Å². The van der Waals surface area contributed by atoms with E-state index in [9.17, 15) is 25.0 Å². The van der Waals surface area contributed by atoms with Crippen molar-refractivity contribution in [3.63, 3.8) is 0 Å². The van der Waals surface area contributed by atoms with Gasteiger partial charge in [-0.25, -0.2) is 0 Å². The number of aryl methyl sites for hydroxylation is 2. The van der Waals surface area contributed by atoms with Crippen molar-refractivity contribution in [2.45, 2.75) is 19.6 Å². The molecule has 1 fully saturated rings. The van der Waals surface area contributed by atoms with E-state index in [1.54, 1.807) is 14.0 Å². The first-order chi connectivity index (χ1) is 12.6. The second kappa shape index (κ2) is 7.59. The zero-order chi connectivity index (χ0) is 20.4. The van der Waals surface area contributed by atoms with Crippen LogP contribution in [0.2, 0.25) is 0 Å². The predicted octanol–water partition coefficient (Wildman–Crippen LogP) is 1.08. The first-order valence-corrected chi connectivity index (χ1v) is 7.70. The fourth-order valence-corrected chi connectivity index (χ4v) is 2.71. The Kier molecular flexibility index (Phi) is 5.66. The molecule has 3 heterocycles. The van der Waals surface area contributed by atoms with Gasteiger partial charge in [0.25, 0.3) is 0 Å². The van der Waals surface area contributed by atoms with Crippen LogP contribution in [0.25, 0.3) is 0 Å². The zero-order valence-corrected chi connectivity index (χ0v) is 15.1. The minimum atomic E-state index is -1.06. The van der Waals surface area contributed by atoms with Gasteiger partial charge in [0, 0.05) is 21.0 Å². The summed E-state index contributed by atoms with van der Waals surface area (Å²) < 4.78 is 13.3. The first kappa shape index (κ1) is 20.1. The van der Waals surface area contributed by atoms with Gasteiger partial charge < -0.3 is 9.47 Å². The molecule has 0 radical (unpaired) electrons. The van der Waals surface area contributed by atoms with E-state index in [0.29, 0.717) is 18.9 Å². The largest absolute Gasteiger partial charge is 0.342 e. The van der Waals surface area contributed by atoms with Crippen molar-refractivity contribution in [2.75, 3.05) is 13.2 Å². The van der Waals surface area contributed by atoms with Crippen molar-refractivity contribution in [1.82, 2.24) is 19.6 Å². The maximum Gasteiger partial charge on any atom is 0.317 e. The van der Waals surface area contributed by atoms with Crippen LogP contribution in [-0.4, -0.2) is 48.4 Å². The summed E-state index contributed by atoms with van der Waals surface area (Å²) in [4.78, 5) is 30.9. The lowest BCUT2D eigenvalue weighted by Crippen LogP contribution is -2.26. The third kappa shape index (κ3) is 3.98. The van der Waals surface area contributed by atoms with Crippen LogP contribution in [-0.2, 0) is 29.4 Å². The van der Waals surface area contributed by atoms with Gasteiger partial charge in [0.05, 0.1) is 23.1 Å². The third-order valence-electron chi connectivity index (χ3n) is 3.83. The summed E-state index contributed by atoms with van der Waals surface area (Å²) >= 11 is 0. The van der Waals surface area contributed by atoms with Crippen molar-refractivity contribution in [2.24, 2.45) is 14.1 Å². The SMILES string of the molecule is CC(=O)c1c([N+](=O)[O-])cnn1C.Cn1ncc([N+](=O)[O-])c1C1(C)OCCO1. The van der Waals surface area contributed by atoms with Crippen molar-refractivity contribution in [3.8, 4) is 0 Å². The lowest BCUT2D eigenvalue weighted by atomic mass is 10.2. The lowest BCUT2D eigenvalue weighted by molar-refractivity contribution is -0.388. The highest BCUT2D eigenvalue weighted by Crippen LogP contribution is 2.35. The molecule has 3 rings (SSSR count). The standard InChI is InChI=1S/C8H11N3O4.C6H7N3O3/c1-8(14-3-4-15-8)7-6(11(12)13)5-9-10(7)2;1-4(10)6-5(9(11)12)3-7-8(6)2/h5H,3-4H2,1-2H3;3H,1-2H3. The molecule has 0 spiro atoms. The van der Waals surface area contributed by atoms with Crippen LogP contribution in [0.1, 0.15) is 30.0 Å². The highest BCUT2D eigenvalue weighted by Gasteiger charge is 2.42. The predicted molar refractivity (Wildman–Crippen MR) is 89.0 cm³/mol. The van der Waals surface area contributed by atoms with Crippen molar-refractivity contribution in [3.05, 3.63) is 44.0 Å². The molecule has 1 aliphatic rings. The first-order valence-electron chi connectivity index (χ1n) is 7.70. The Hall–Kier alpha value is -3.19. The Morgan fingerprint density at radius 2 is 1.56 bits per heavy atom. The second-order valence-corrected chi connectivity index (χ2v) is 5.72. The number of nitro groups is 2. The van der Waals surface area contributed by atoms with Gasteiger partial charge in [-0.2, -0.15) is 10.2 Å². The molecule has 0 unspecified atom stereocenters. The Balaban J connectivity index is 0.000000199. The summed E-state index contributed by atoms with van der Waals surface area (Å²) in [6.45, 7) is 3.78. The number of hydrogen-bond donors (Lipinski definition) is 0. The molecule has 13 nitrogen and oxygen atoms in total. The molecule has 2 aromatic rings. The summed E-state index contributed by atoms with van der Waals surface area (Å²) in [7, 11) is 3.11. The number of ketones is 1. The molecular formula is C14H18N6O7. The number of Topliss-reactive ketones (excluding diaryl/α,β-unsaturated/α-hetero) is 1. The summed E-state index contributed by atoms with van der Waals surface area (Å²) in [5.74, 6) is -1.42. The highest BCUT2D eigenvalue weighted by atomic mass is 16.7. The summed E-state index contributed by atoms with van der Waals surface area (Å²) in [6, 6.07) is 0. The van der Waals surface area contributed by atoms with Crippen LogP contribution in [0.15, 0.2) is 12.4 Å². The quantitative estimate of drug-likeness (QED) is 0.428. The molecule has 13 heteroatoms. The van der Waals surface area contributed by atoms with Gasteiger partial charge in [0.1, 0.15) is 12.4 Å². The smallest absolute Gasteiger partial charge is 0.317 e. The summed E-state index contributed by atoms with van der Waals surface area (Å²) in [6.07, 6.45) is 2.27. The van der Waals surface area contributed by atoms with Crippen LogP contribution in [0.5, 0.6) is 0 Å². The summed E-state index contributed by atoms with van der Waals surface area (Å²) in [5, 5.41) is 28.6. The minimum Gasteiger partial charge on any atom is -0.342 e. The molecule has 0 bridgehead atoms. The number of nitrogens with zero attached hydrogens (tertiary/aromatic N) is 6. The molecule has 0 aliphatic carbocycles. The number of rotatable bonds is 4. The van der Waals surface area contributed by atoms with E-state index in [1.807, 2.05) is 0 Å². The molecule has 0 N–H and O–H groups in total. The molecule has 0 atom stereocenters. The van der Waals surface area contributed by atoms with Crippen LogP contribution < -0.4 is 0 Å². The minimum absolute atomic E-state index is 0.0278. The topological polar surface area (TPSA) is 157 Å². The molecule has 1 saturated heterocycles. The van der Waals surface area contributed by atoms with E-state index < -0.39 is 15.6 Å². The van der Waals surface area contributed by atoms with E-state index in [4.69, 9.17) is 9.47 Å². The van der Waals surface area contributed by atoms with Gasteiger partial charge in [-0.1, -0.05) is 0 Å². The van der Waals surface area contributed by atoms with E-state index in [1.165, 1.54) is 29.5 Å². The number of ether oxygens (including phenoxy) is 2. The molecule has 0 amide bonds. The van der Waals surface area contributed by atoms with Crippen LogP contribution in [0.3, 0.4) is 0 Å². The van der Waals surface area contributed by atoms with E-state index in [0.717, 1.165) is 6.20 Å². The molecule has 2 aromatic heterocycles. The number of carbonyl (C=O) groups is 1. The third-order valence-corrected chi connectivity index (χ3v) is 3.83. The maximum absolute atomic E-state index is 10.9. The lowest BCUT2D eigenvalue weighted by Gasteiger charge is -2.21. The van der Waals surface area contributed by atoms with Crippen molar-refractivity contribution >= 4 is 17.2 Å². The summed E-state index contributed by atoms with van der Waals surface area (Å²) in [5.41, 5.74) is 0.0388. The van der Waals surface area contributed by atoms with E-state index in [2.05, 4.69) is 10.2 Å². The van der Waals surface area contributed by atoms with Gasteiger partial charge in [-0.05, 0) is 6.92 Å². The molecule has 27 heavy (non-hydrogen) atoms. The fraction of sp³-hybridized carbons (Fsp3) is 0.500. The van der Waals surface area contributed by atoms with Crippen molar-refractivity contribution in [1.29, 1.82) is 0 Å². The number of aromatic nitrogens is 4. The molecule has 0 aromatic carbocycles. The van der Waals surface area contributed by atoms with Crippen LogP contribution in [0.4, 0.5) is 11.4 Å². The van der Waals surface area contributed by atoms with Gasteiger partial charge in [-0.15, -0.1) is 0 Å². The molecule has 146 valence electrons. The van der Waals surface area contributed by atoms with E-state index in [-0.39, 0.29) is 22.9 Å². The van der Waals surface area contributed by atoms with Gasteiger partial charge in [-0.3, -0.25) is 34.4 Å². The molecule has 0 saturated carbocycles. The van der Waals surface area contributed by atoms with Gasteiger partial charge >= 0.3 is 11.4 Å². The maximum atomic E-state index is 10.9. The molecule has 1 aliphatic heterocycles. The van der Waals surface area contributed by atoms with Gasteiger partial charge in [0.2, 0.25) is 5.79 Å². The Labute approximate surface area is 152 Å². The monoisotopic (exact) mass is 382 g/mol. The Morgan fingerprint density at radius 1 is 1.07 bits per heavy atom. The molecular weight excluding hydrogens is 364 g/mol. The highest BCUT2D eigenvalue weighted by molar-refractivity contribution is 5.96.